The van der Waals surface area contributed by atoms with Crippen LogP contribution in [0.2, 0.25) is 5.02 Å². The van der Waals surface area contributed by atoms with Gasteiger partial charge in [-0.15, -0.1) is 11.8 Å². The smallest absolute Gasteiger partial charge is 0.234 e. The predicted molar refractivity (Wildman–Crippen MR) is 107 cm³/mol. The number of hydrogen-bond donors (Lipinski definition) is 1. The number of pyridine rings is 1. The summed E-state index contributed by atoms with van der Waals surface area (Å²) in [4.78, 5) is 19.0. The molecule has 1 saturated heterocycles. The van der Waals surface area contributed by atoms with E-state index in [1.165, 1.54) is 19.3 Å². The third kappa shape index (κ3) is 5.38. The number of benzene rings is 1. The number of amides is 1. The van der Waals surface area contributed by atoms with Gasteiger partial charge in [0.25, 0.3) is 0 Å². The number of hydrogen-bond acceptors (Lipinski definition) is 4. The van der Waals surface area contributed by atoms with Crippen molar-refractivity contribution < 1.29 is 4.79 Å². The molecule has 2 aromatic rings. The predicted octanol–water partition coefficient (Wildman–Crippen LogP) is 4.60. The van der Waals surface area contributed by atoms with E-state index in [2.05, 4.69) is 15.2 Å². The number of piperidine rings is 1. The molecule has 25 heavy (non-hydrogen) atoms. The number of aromatic nitrogens is 1. The molecule has 1 aliphatic heterocycles. The van der Waals surface area contributed by atoms with Gasteiger partial charge in [-0.25, -0.2) is 4.98 Å². The van der Waals surface area contributed by atoms with Gasteiger partial charge in [0.2, 0.25) is 5.91 Å². The Morgan fingerprint density at radius 3 is 2.84 bits per heavy atom. The molecular weight excluding hydrogens is 354 g/mol. The molecule has 1 aromatic heterocycles. The second-order valence-corrected chi connectivity index (χ2v) is 7.52. The van der Waals surface area contributed by atoms with Crippen LogP contribution in [-0.2, 0) is 10.5 Å². The lowest BCUT2D eigenvalue weighted by Gasteiger charge is -2.29. The third-order valence-corrected chi connectivity index (χ3v) is 5.35. The molecule has 2 heterocycles. The molecule has 0 bridgehead atoms. The van der Waals surface area contributed by atoms with Gasteiger partial charge < -0.3 is 10.2 Å². The standard InChI is InChI=1S/C19H22ClN3OS/c20-16-7-4-6-15(12-16)13-25-14-18(24)22-17-8-5-9-21-19(17)23-10-2-1-3-11-23/h4-9,12H,1-3,10-11,13-14H2,(H,22,24). The van der Waals surface area contributed by atoms with E-state index in [0.29, 0.717) is 5.75 Å². The van der Waals surface area contributed by atoms with E-state index in [1.807, 2.05) is 36.4 Å². The van der Waals surface area contributed by atoms with E-state index in [0.717, 1.165) is 40.9 Å². The van der Waals surface area contributed by atoms with E-state index < -0.39 is 0 Å². The zero-order valence-electron chi connectivity index (χ0n) is 14.1. The minimum atomic E-state index is -0.00159. The Morgan fingerprint density at radius 2 is 2.04 bits per heavy atom. The van der Waals surface area contributed by atoms with Crippen LogP contribution in [0.5, 0.6) is 0 Å². The van der Waals surface area contributed by atoms with Gasteiger partial charge >= 0.3 is 0 Å². The van der Waals surface area contributed by atoms with Crippen LogP contribution in [-0.4, -0.2) is 29.7 Å². The van der Waals surface area contributed by atoms with Crippen molar-refractivity contribution in [3.63, 3.8) is 0 Å². The molecule has 3 rings (SSSR count). The second-order valence-electron chi connectivity index (χ2n) is 6.09. The van der Waals surface area contributed by atoms with Gasteiger partial charge in [-0.1, -0.05) is 23.7 Å². The molecule has 0 saturated carbocycles. The molecule has 1 aliphatic rings. The van der Waals surface area contributed by atoms with Gasteiger partial charge in [-0.3, -0.25) is 4.79 Å². The van der Waals surface area contributed by atoms with Gasteiger partial charge in [0.05, 0.1) is 11.4 Å². The maximum absolute atomic E-state index is 12.3. The average molecular weight is 376 g/mol. The number of carbonyl (C=O) groups excluding carboxylic acids is 1. The average Bonchev–Trinajstić information content (AvgIpc) is 2.63. The number of thioether (sulfide) groups is 1. The summed E-state index contributed by atoms with van der Waals surface area (Å²) in [6.45, 7) is 2.01. The summed E-state index contributed by atoms with van der Waals surface area (Å²) in [5.74, 6) is 2.05. The van der Waals surface area contributed by atoms with Crippen LogP contribution in [0.4, 0.5) is 11.5 Å². The van der Waals surface area contributed by atoms with Crippen molar-refractivity contribution >= 4 is 40.8 Å². The van der Waals surface area contributed by atoms with Gasteiger partial charge in [0.15, 0.2) is 5.82 Å². The lowest BCUT2D eigenvalue weighted by molar-refractivity contribution is -0.113. The van der Waals surface area contributed by atoms with Crippen molar-refractivity contribution in [2.24, 2.45) is 0 Å². The second kappa shape index (κ2) is 9.11. The van der Waals surface area contributed by atoms with Crippen molar-refractivity contribution in [2.75, 3.05) is 29.1 Å². The van der Waals surface area contributed by atoms with Crippen LogP contribution in [0.1, 0.15) is 24.8 Å². The fourth-order valence-electron chi connectivity index (χ4n) is 2.93. The number of nitrogens with zero attached hydrogens (tertiary/aromatic N) is 2. The normalized spacial score (nSPS) is 14.4. The molecule has 0 spiro atoms. The fourth-order valence-corrected chi connectivity index (χ4v) is 3.91. The highest BCUT2D eigenvalue weighted by Crippen LogP contribution is 2.26. The van der Waals surface area contributed by atoms with E-state index in [4.69, 9.17) is 11.6 Å². The Hall–Kier alpha value is -1.72. The summed E-state index contributed by atoms with van der Waals surface area (Å²) in [5, 5.41) is 3.74. The van der Waals surface area contributed by atoms with Crippen molar-refractivity contribution in [2.45, 2.75) is 25.0 Å². The van der Waals surface area contributed by atoms with Crippen LogP contribution in [0.25, 0.3) is 0 Å². The number of anilines is 2. The molecule has 1 fully saturated rings. The molecule has 132 valence electrons. The first-order chi connectivity index (χ1) is 12.2. The van der Waals surface area contributed by atoms with Crippen molar-refractivity contribution in [3.8, 4) is 0 Å². The van der Waals surface area contributed by atoms with Gasteiger partial charge in [-0.2, -0.15) is 0 Å². The van der Waals surface area contributed by atoms with Crippen LogP contribution >= 0.6 is 23.4 Å². The summed E-state index contributed by atoms with van der Waals surface area (Å²) in [7, 11) is 0. The summed E-state index contributed by atoms with van der Waals surface area (Å²) in [6, 6.07) is 11.5. The highest BCUT2D eigenvalue weighted by molar-refractivity contribution is 7.99. The van der Waals surface area contributed by atoms with Gasteiger partial charge in [0.1, 0.15) is 0 Å². The lowest BCUT2D eigenvalue weighted by atomic mass is 10.1. The summed E-state index contributed by atoms with van der Waals surface area (Å²) >= 11 is 7.56. The minimum absolute atomic E-state index is 0.00159. The van der Waals surface area contributed by atoms with E-state index in [-0.39, 0.29) is 5.91 Å². The summed E-state index contributed by atoms with van der Waals surface area (Å²) in [5.41, 5.74) is 1.93. The monoisotopic (exact) mass is 375 g/mol. The molecule has 0 atom stereocenters. The van der Waals surface area contributed by atoms with E-state index in [1.54, 1.807) is 18.0 Å². The lowest BCUT2D eigenvalue weighted by Crippen LogP contribution is -2.31. The number of rotatable bonds is 6. The Morgan fingerprint density at radius 1 is 1.20 bits per heavy atom. The zero-order chi connectivity index (χ0) is 17.5. The van der Waals surface area contributed by atoms with Crippen molar-refractivity contribution in [1.29, 1.82) is 0 Å². The topological polar surface area (TPSA) is 45.2 Å². The largest absolute Gasteiger partial charge is 0.355 e. The van der Waals surface area contributed by atoms with Crippen LogP contribution < -0.4 is 10.2 Å². The first-order valence-electron chi connectivity index (χ1n) is 8.54. The van der Waals surface area contributed by atoms with Crippen molar-refractivity contribution in [3.05, 3.63) is 53.2 Å². The Labute approximate surface area is 158 Å². The first kappa shape index (κ1) is 18.1. The van der Waals surface area contributed by atoms with Crippen molar-refractivity contribution in [1.82, 2.24) is 4.98 Å². The Balaban J connectivity index is 1.54. The van der Waals surface area contributed by atoms with Crippen LogP contribution in [0.3, 0.4) is 0 Å². The molecule has 1 aromatic carbocycles. The highest BCUT2D eigenvalue weighted by atomic mass is 35.5. The SMILES string of the molecule is O=C(CSCc1cccc(Cl)c1)Nc1cccnc1N1CCCCC1. The van der Waals surface area contributed by atoms with Crippen LogP contribution in [0.15, 0.2) is 42.6 Å². The maximum atomic E-state index is 12.3. The Bertz CT molecular complexity index is 719. The maximum Gasteiger partial charge on any atom is 0.234 e. The third-order valence-electron chi connectivity index (χ3n) is 4.11. The zero-order valence-corrected chi connectivity index (χ0v) is 15.7. The van der Waals surface area contributed by atoms with Gasteiger partial charge in [0, 0.05) is 30.1 Å². The molecule has 1 amide bonds. The molecule has 6 heteroatoms. The molecule has 0 unspecified atom stereocenters. The fraction of sp³-hybridized carbons (Fsp3) is 0.368. The van der Waals surface area contributed by atoms with Crippen LogP contribution in [0, 0.1) is 0 Å². The highest BCUT2D eigenvalue weighted by Gasteiger charge is 2.16. The molecule has 1 N–H and O–H groups in total. The number of nitrogens with one attached hydrogen (secondary N) is 1. The summed E-state index contributed by atoms with van der Waals surface area (Å²) < 4.78 is 0. The molecule has 0 aliphatic carbocycles. The minimum Gasteiger partial charge on any atom is -0.355 e. The molecular formula is C19H22ClN3OS. The van der Waals surface area contributed by atoms with E-state index in [9.17, 15) is 4.79 Å². The molecule has 0 radical (unpaired) electrons. The summed E-state index contributed by atoms with van der Waals surface area (Å²) in [6.07, 6.45) is 5.41. The Kier molecular flexibility index (Phi) is 6.59. The molecule has 4 nitrogen and oxygen atoms in total. The van der Waals surface area contributed by atoms with E-state index >= 15 is 0 Å². The van der Waals surface area contributed by atoms with Gasteiger partial charge in [-0.05, 0) is 49.1 Å². The number of halogens is 1. The quantitative estimate of drug-likeness (QED) is 0.801. The number of carbonyl (C=O) groups is 1. The first-order valence-corrected chi connectivity index (χ1v) is 10.1.